The van der Waals surface area contributed by atoms with Crippen LogP contribution in [0.25, 0.3) is 0 Å². The highest BCUT2D eigenvalue weighted by molar-refractivity contribution is 5.66. The zero-order chi connectivity index (χ0) is 15.2. The quantitative estimate of drug-likeness (QED) is 0.876. The van der Waals surface area contributed by atoms with Gasteiger partial charge in [-0.1, -0.05) is 0 Å². The van der Waals surface area contributed by atoms with Crippen LogP contribution in [0.2, 0.25) is 0 Å². The summed E-state index contributed by atoms with van der Waals surface area (Å²) in [6, 6.07) is 4.58. The van der Waals surface area contributed by atoms with E-state index in [2.05, 4.69) is 4.90 Å². The second-order valence-electron chi connectivity index (χ2n) is 5.61. The Labute approximate surface area is 124 Å². The van der Waals surface area contributed by atoms with Crippen LogP contribution in [0.5, 0.6) is 5.75 Å². The van der Waals surface area contributed by atoms with Crippen LogP contribution in [0.3, 0.4) is 0 Å². The maximum atomic E-state index is 13.3. The molecule has 1 aliphatic heterocycles. The second-order valence-corrected chi connectivity index (χ2v) is 5.61. The number of rotatable bonds is 6. The lowest BCUT2D eigenvalue weighted by Crippen LogP contribution is -2.33. The summed E-state index contributed by atoms with van der Waals surface area (Å²) in [5.74, 6) is 0.236. The fourth-order valence-corrected chi connectivity index (χ4v) is 2.87. The van der Waals surface area contributed by atoms with Gasteiger partial charge in [0.15, 0.2) is 0 Å². The van der Waals surface area contributed by atoms with Crippen LogP contribution in [0.15, 0.2) is 18.2 Å². The van der Waals surface area contributed by atoms with Crippen molar-refractivity contribution in [3.05, 3.63) is 29.6 Å². The van der Waals surface area contributed by atoms with Crippen molar-refractivity contribution in [2.45, 2.75) is 32.2 Å². The molecule has 2 rings (SSSR count). The molecule has 5 heteroatoms. The van der Waals surface area contributed by atoms with Gasteiger partial charge in [-0.25, -0.2) is 4.39 Å². The van der Waals surface area contributed by atoms with Crippen molar-refractivity contribution >= 4 is 5.97 Å². The van der Waals surface area contributed by atoms with Crippen LogP contribution in [0, 0.1) is 11.7 Å². The molecule has 0 aliphatic carbocycles. The number of hydrogen-bond acceptors (Lipinski definition) is 3. The van der Waals surface area contributed by atoms with Crippen LogP contribution < -0.4 is 4.74 Å². The fourth-order valence-electron chi connectivity index (χ4n) is 2.87. The Morgan fingerprint density at radius 3 is 2.76 bits per heavy atom. The number of piperidine rings is 1. The zero-order valence-electron chi connectivity index (χ0n) is 12.3. The maximum absolute atomic E-state index is 13.3. The summed E-state index contributed by atoms with van der Waals surface area (Å²) in [4.78, 5) is 12.9. The molecule has 1 heterocycles. The first-order chi connectivity index (χ1) is 10.1. The summed E-state index contributed by atoms with van der Waals surface area (Å²) in [6.45, 7) is 2.51. The van der Waals surface area contributed by atoms with Crippen LogP contribution in [0.1, 0.15) is 31.2 Å². The van der Waals surface area contributed by atoms with E-state index in [0.717, 1.165) is 37.9 Å². The molecule has 0 unspecified atom stereocenters. The molecule has 116 valence electrons. The molecule has 1 aromatic rings. The van der Waals surface area contributed by atoms with Crippen molar-refractivity contribution in [3.63, 3.8) is 0 Å². The standard InChI is InChI=1S/C16H22FNO3/c1-21-15-4-3-14(17)10-13(15)11-18-8-6-12(7-9-18)2-5-16(19)20/h3-4,10,12H,2,5-9,11H2,1H3,(H,19,20). The molecule has 1 aromatic carbocycles. The minimum Gasteiger partial charge on any atom is -0.496 e. The molecule has 0 bridgehead atoms. The molecule has 0 saturated carbocycles. The largest absolute Gasteiger partial charge is 0.496 e. The van der Waals surface area contributed by atoms with Gasteiger partial charge in [-0.2, -0.15) is 0 Å². The number of carboxylic acids is 1. The number of nitrogens with zero attached hydrogens (tertiary/aromatic N) is 1. The van der Waals surface area contributed by atoms with E-state index in [1.807, 2.05) is 0 Å². The van der Waals surface area contributed by atoms with E-state index >= 15 is 0 Å². The molecule has 0 atom stereocenters. The van der Waals surface area contributed by atoms with Crippen molar-refractivity contribution in [1.29, 1.82) is 0 Å². The lowest BCUT2D eigenvalue weighted by Gasteiger charge is -2.32. The van der Waals surface area contributed by atoms with E-state index in [-0.39, 0.29) is 12.2 Å². The molecule has 4 nitrogen and oxygen atoms in total. The van der Waals surface area contributed by atoms with Crippen LogP contribution >= 0.6 is 0 Å². The summed E-state index contributed by atoms with van der Waals surface area (Å²) in [7, 11) is 1.59. The Morgan fingerprint density at radius 2 is 2.14 bits per heavy atom. The number of hydrogen-bond donors (Lipinski definition) is 1. The topological polar surface area (TPSA) is 49.8 Å². The van der Waals surface area contributed by atoms with Crippen molar-refractivity contribution in [3.8, 4) is 5.75 Å². The zero-order valence-corrected chi connectivity index (χ0v) is 12.3. The number of aliphatic carboxylic acids is 1. The number of carbonyl (C=O) groups is 1. The van der Waals surface area contributed by atoms with Gasteiger partial charge >= 0.3 is 5.97 Å². The van der Waals surface area contributed by atoms with Crippen molar-refractivity contribution in [1.82, 2.24) is 4.90 Å². The number of likely N-dealkylation sites (tertiary alicyclic amines) is 1. The third-order valence-electron chi connectivity index (χ3n) is 4.11. The molecule has 0 spiro atoms. The molecule has 1 saturated heterocycles. The summed E-state index contributed by atoms with van der Waals surface area (Å²) < 4.78 is 18.6. The summed E-state index contributed by atoms with van der Waals surface area (Å²) >= 11 is 0. The highest BCUT2D eigenvalue weighted by Gasteiger charge is 2.20. The minimum absolute atomic E-state index is 0.248. The monoisotopic (exact) mass is 295 g/mol. The fraction of sp³-hybridized carbons (Fsp3) is 0.562. The van der Waals surface area contributed by atoms with Crippen LogP contribution in [-0.2, 0) is 11.3 Å². The third-order valence-corrected chi connectivity index (χ3v) is 4.11. The van der Waals surface area contributed by atoms with E-state index in [1.54, 1.807) is 13.2 Å². The molecular weight excluding hydrogens is 273 g/mol. The van der Waals surface area contributed by atoms with Crippen LogP contribution in [-0.4, -0.2) is 36.2 Å². The first-order valence-electron chi connectivity index (χ1n) is 7.35. The van der Waals surface area contributed by atoms with Gasteiger partial charge in [-0.05, 0) is 56.5 Å². The van der Waals surface area contributed by atoms with E-state index in [9.17, 15) is 9.18 Å². The van der Waals surface area contributed by atoms with Crippen molar-refractivity contribution in [2.24, 2.45) is 5.92 Å². The lowest BCUT2D eigenvalue weighted by molar-refractivity contribution is -0.137. The van der Waals surface area contributed by atoms with Crippen molar-refractivity contribution < 1.29 is 19.0 Å². The van der Waals surface area contributed by atoms with Crippen LogP contribution in [0.4, 0.5) is 4.39 Å². The lowest BCUT2D eigenvalue weighted by atomic mass is 9.92. The minimum atomic E-state index is -0.720. The summed E-state index contributed by atoms with van der Waals surface area (Å²) in [6.07, 6.45) is 3.02. The molecule has 21 heavy (non-hydrogen) atoms. The molecule has 0 aromatic heterocycles. The van der Waals surface area contributed by atoms with Gasteiger partial charge in [-0.3, -0.25) is 9.69 Å². The van der Waals surface area contributed by atoms with E-state index in [1.165, 1.54) is 12.1 Å². The molecule has 0 amide bonds. The van der Waals surface area contributed by atoms with E-state index in [0.29, 0.717) is 18.2 Å². The molecule has 1 aliphatic rings. The van der Waals surface area contributed by atoms with Crippen molar-refractivity contribution in [2.75, 3.05) is 20.2 Å². The first kappa shape index (κ1) is 15.8. The van der Waals surface area contributed by atoms with E-state index < -0.39 is 5.97 Å². The molecule has 0 radical (unpaired) electrons. The average Bonchev–Trinajstić information content (AvgIpc) is 2.47. The van der Waals surface area contributed by atoms with Gasteiger partial charge in [0.1, 0.15) is 11.6 Å². The van der Waals surface area contributed by atoms with Gasteiger partial charge in [0, 0.05) is 18.5 Å². The highest BCUT2D eigenvalue weighted by atomic mass is 19.1. The van der Waals surface area contributed by atoms with Gasteiger partial charge in [-0.15, -0.1) is 0 Å². The third kappa shape index (κ3) is 4.70. The number of halogens is 1. The smallest absolute Gasteiger partial charge is 0.303 e. The Bertz CT molecular complexity index is 484. The predicted octanol–water partition coefficient (Wildman–Crippen LogP) is 2.91. The Kier molecular flexibility index (Phi) is 5.56. The number of benzene rings is 1. The second kappa shape index (κ2) is 7.41. The number of carboxylic acid groups (broad SMARTS) is 1. The molecular formula is C16H22FNO3. The Morgan fingerprint density at radius 1 is 1.43 bits per heavy atom. The normalized spacial score (nSPS) is 16.9. The summed E-state index contributed by atoms with van der Waals surface area (Å²) in [5.41, 5.74) is 0.862. The molecule has 1 N–H and O–H groups in total. The SMILES string of the molecule is COc1ccc(F)cc1CN1CCC(CCC(=O)O)CC1. The number of ether oxygens (including phenoxy) is 1. The van der Waals surface area contributed by atoms with Gasteiger partial charge < -0.3 is 9.84 Å². The van der Waals surface area contributed by atoms with E-state index in [4.69, 9.17) is 9.84 Å². The number of methoxy groups -OCH3 is 1. The first-order valence-corrected chi connectivity index (χ1v) is 7.35. The van der Waals surface area contributed by atoms with Gasteiger partial charge in [0.05, 0.1) is 7.11 Å². The van der Waals surface area contributed by atoms with Gasteiger partial charge in [0.2, 0.25) is 0 Å². The average molecular weight is 295 g/mol. The Hall–Kier alpha value is -1.62. The Balaban J connectivity index is 1.86. The maximum Gasteiger partial charge on any atom is 0.303 e. The summed E-state index contributed by atoms with van der Waals surface area (Å²) in [5, 5.41) is 8.71. The highest BCUT2D eigenvalue weighted by Crippen LogP contribution is 2.26. The molecule has 1 fully saturated rings. The van der Waals surface area contributed by atoms with Gasteiger partial charge in [0.25, 0.3) is 0 Å². The predicted molar refractivity (Wildman–Crippen MR) is 77.8 cm³/mol.